The van der Waals surface area contributed by atoms with Gasteiger partial charge in [0, 0.05) is 33.1 Å². The zero-order valence-corrected chi connectivity index (χ0v) is 11.9. The molecule has 21 heavy (non-hydrogen) atoms. The molecule has 4 N–H and O–H groups in total. The number of primary amides is 1. The number of carboxylic acid groups (broad SMARTS) is 1. The van der Waals surface area contributed by atoms with Crippen molar-refractivity contribution in [2.45, 2.75) is 25.8 Å². The number of nitrogens with one attached hydrogen (secondary N) is 1. The predicted molar refractivity (Wildman–Crippen MR) is 72.2 cm³/mol. The molecule has 0 aromatic carbocycles. The molecule has 1 unspecified atom stereocenters. The molecule has 1 aliphatic rings. The molecule has 0 spiro atoms. The molecule has 0 bridgehead atoms. The van der Waals surface area contributed by atoms with Gasteiger partial charge in [-0.15, -0.1) is 0 Å². The molecule has 9 nitrogen and oxygen atoms in total. The van der Waals surface area contributed by atoms with Crippen LogP contribution in [0.4, 0.5) is 4.79 Å². The normalized spacial score (nSPS) is 16.8. The lowest BCUT2D eigenvalue weighted by atomic mass is 10.2. The minimum atomic E-state index is -1.35. The molecule has 1 heterocycles. The van der Waals surface area contributed by atoms with Crippen LogP contribution in [0, 0.1) is 0 Å². The third-order valence-corrected chi connectivity index (χ3v) is 3.23. The fourth-order valence-electron chi connectivity index (χ4n) is 2.08. The maximum absolute atomic E-state index is 12.0. The zero-order chi connectivity index (χ0) is 16.0. The van der Waals surface area contributed by atoms with Crippen LogP contribution in [-0.4, -0.2) is 70.9 Å². The summed E-state index contributed by atoms with van der Waals surface area (Å²) < 4.78 is 0. The van der Waals surface area contributed by atoms with Crippen LogP contribution in [0.1, 0.15) is 19.8 Å². The van der Waals surface area contributed by atoms with Crippen molar-refractivity contribution in [3.05, 3.63) is 0 Å². The van der Waals surface area contributed by atoms with Gasteiger partial charge in [-0.1, -0.05) is 0 Å². The van der Waals surface area contributed by atoms with E-state index in [2.05, 4.69) is 5.32 Å². The van der Waals surface area contributed by atoms with Crippen LogP contribution in [0.5, 0.6) is 0 Å². The van der Waals surface area contributed by atoms with E-state index in [0.717, 1.165) is 0 Å². The van der Waals surface area contributed by atoms with E-state index < -0.39 is 30.4 Å². The summed E-state index contributed by atoms with van der Waals surface area (Å²) in [4.78, 5) is 48.1. The van der Waals surface area contributed by atoms with Crippen molar-refractivity contribution in [2.75, 3.05) is 26.2 Å². The first-order valence-electron chi connectivity index (χ1n) is 6.63. The summed E-state index contributed by atoms with van der Waals surface area (Å²) in [5, 5.41) is 11.2. The molecule has 0 aromatic heterocycles. The first-order valence-corrected chi connectivity index (χ1v) is 6.63. The number of hydrogen-bond donors (Lipinski definition) is 3. The van der Waals surface area contributed by atoms with E-state index >= 15 is 0 Å². The fourth-order valence-corrected chi connectivity index (χ4v) is 2.08. The standard InChI is InChI=1S/C12H20N4O5/c1-8(17)15-3-2-4-16(6-5-15)12(21)14-9(11(19)20)7-10(13)18/h9H,2-7H2,1H3,(H2,13,18)(H,14,21)(H,19,20). The molecule has 1 saturated heterocycles. The third-order valence-electron chi connectivity index (χ3n) is 3.23. The summed E-state index contributed by atoms with van der Waals surface area (Å²) in [6.07, 6.45) is 0.148. The highest BCUT2D eigenvalue weighted by atomic mass is 16.4. The average molecular weight is 300 g/mol. The van der Waals surface area contributed by atoms with Gasteiger partial charge < -0.3 is 26.0 Å². The van der Waals surface area contributed by atoms with Crippen LogP contribution in [0.3, 0.4) is 0 Å². The smallest absolute Gasteiger partial charge is 0.326 e. The van der Waals surface area contributed by atoms with Gasteiger partial charge >= 0.3 is 12.0 Å². The second-order valence-corrected chi connectivity index (χ2v) is 4.86. The first kappa shape index (κ1) is 16.7. The molecule has 1 fully saturated rings. The van der Waals surface area contributed by atoms with Gasteiger partial charge in [0.05, 0.1) is 6.42 Å². The molecule has 9 heteroatoms. The number of carbonyl (C=O) groups is 4. The Morgan fingerprint density at radius 3 is 2.24 bits per heavy atom. The summed E-state index contributed by atoms with van der Waals surface area (Å²) in [6, 6.07) is -1.92. The van der Waals surface area contributed by atoms with Crippen molar-refractivity contribution in [3.8, 4) is 0 Å². The molecule has 1 aliphatic heterocycles. The minimum absolute atomic E-state index is 0.0607. The van der Waals surface area contributed by atoms with Gasteiger partial charge in [-0.3, -0.25) is 9.59 Å². The van der Waals surface area contributed by atoms with E-state index in [-0.39, 0.29) is 5.91 Å². The molecule has 0 radical (unpaired) electrons. The van der Waals surface area contributed by atoms with Crippen LogP contribution in [-0.2, 0) is 14.4 Å². The van der Waals surface area contributed by atoms with Crippen LogP contribution in [0.15, 0.2) is 0 Å². The first-order chi connectivity index (χ1) is 9.81. The second kappa shape index (κ2) is 7.46. The van der Waals surface area contributed by atoms with E-state index in [9.17, 15) is 19.2 Å². The molecule has 0 aliphatic carbocycles. The Balaban J connectivity index is 2.59. The van der Waals surface area contributed by atoms with E-state index in [0.29, 0.717) is 32.6 Å². The molecule has 0 saturated carbocycles. The Hall–Kier alpha value is -2.32. The molecular weight excluding hydrogens is 280 g/mol. The topological polar surface area (TPSA) is 133 Å². The van der Waals surface area contributed by atoms with Crippen LogP contribution in [0.2, 0.25) is 0 Å². The average Bonchev–Trinajstić information content (AvgIpc) is 2.62. The maximum Gasteiger partial charge on any atom is 0.326 e. The molecule has 1 atom stereocenters. The van der Waals surface area contributed by atoms with Crippen molar-refractivity contribution in [1.29, 1.82) is 0 Å². The van der Waals surface area contributed by atoms with Crippen molar-refractivity contribution < 1.29 is 24.3 Å². The van der Waals surface area contributed by atoms with Crippen molar-refractivity contribution in [1.82, 2.24) is 15.1 Å². The highest BCUT2D eigenvalue weighted by molar-refractivity contribution is 5.87. The van der Waals surface area contributed by atoms with Gasteiger partial charge in [0.25, 0.3) is 0 Å². The monoisotopic (exact) mass is 300 g/mol. The lowest BCUT2D eigenvalue weighted by Crippen LogP contribution is -2.50. The Kier molecular flexibility index (Phi) is 5.94. The van der Waals surface area contributed by atoms with Crippen LogP contribution >= 0.6 is 0 Å². The number of carbonyl (C=O) groups excluding carboxylic acids is 3. The number of aliphatic carboxylic acids is 1. The van der Waals surface area contributed by atoms with Gasteiger partial charge in [-0.25, -0.2) is 9.59 Å². The number of urea groups is 1. The predicted octanol–water partition coefficient (Wildman–Crippen LogP) is -1.42. The number of carboxylic acids is 1. The Morgan fingerprint density at radius 1 is 1.14 bits per heavy atom. The maximum atomic E-state index is 12.0. The highest BCUT2D eigenvalue weighted by Crippen LogP contribution is 2.04. The Morgan fingerprint density at radius 2 is 1.71 bits per heavy atom. The van der Waals surface area contributed by atoms with Gasteiger partial charge in [-0.2, -0.15) is 0 Å². The number of nitrogens with zero attached hydrogens (tertiary/aromatic N) is 2. The second-order valence-electron chi connectivity index (χ2n) is 4.86. The molecule has 1 rings (SSSR count). The van der Waals surface area contributed by atoms with E-state index in [1.54, 1.807) is 4.90 Å². The summed E-state index contributed by atoms with van der Waals surface area (Å²) in [5.41, 5.74) is 4.95. The van der Waals surface area contributed by atoms with Gasteiger partial charge in [0.15, 0.2) is 0 Å². The lowest BCUT2D eigenvalue weighted by Gasteiger charge is -2.23. The van der Waals surface area contributed by atoms with Crippen LogP contribution in [0.25, 0.3) is 0 Å². The Labute approximate surface area is 122 Å². The fraction of sp³-hybridized carbons (Fsp3) is 0.667. The van der Waals surface area contributed by atoms with Gasteiger partial charge in [0.2, 0.25) is 11.8 Å². The van der Waals surface area contributed by atoms with Gasteiger partial charge in [0.1, 0.15) is 6.04 Å². The SMILES string of the molecule is CC(=O)N1CCCN(C(=O)NC(CC(N)=O)C(=O)O)CC1. The molecule has 118 valence electrons. The van der Waals surface area contributed by atoms with E-state index in [1.807, 2.05) is 0 Å². The van der Waals surface area contributed by atoms with Gasteiger partial charge in [-0.05, 0) is 6.42 Å². The molecule has 4 amide bonds. The third kappa shape index (κ3) is 5.28. The number of nitrogens with two attached hydrogens (primary N) is 1. The van der Waals surface area contributed by atoms with E-state index in [1.165, 1.54) is 11.8 Å². The highest BCUT2D eigenvalue weighted by Gasteiger charge is 2.26. The molecular formula is C12H20N4O5. The van der Waals surface area contributed by atoms with E-state index in [4.69, 9.17) is 10.8 Å². The minimum Gasteiger partial charge on any atom is -0.480 e. The quantitative estimate of drug-likeness (QED) is 0.586. The number of amides is 4. The summed E-state index contributed by atoms with van der Waals surface area (Å²) in [6.45, 7) is 3.15. The number of rotatable bonds is 4. The summed E-state index contributed by atoms with van der Waals surface area (Å²) in [5.74, 6) is -2.18. The number of hydrogen-bond acceptors (Lipinski definition) is 4. The zero-order valence-electron chi connectivity index (χ0n) is 11.9. The lowest BCUT2D eigenvalue weighted by molar-refractivity contribution is -0.141. The summed E-state index contributed by atoms with van der Waals surface area (Å²) >= 11 is 0. The van der Waals surface area contributed by atoms with Crippen molar-refractivity contribution in [3.63, 3.8) is 0 Å². The summed E-state index contributed by atoms with van der Waals surface area (Å²) in [7, 11) is 0. The van der Waals surface area contributed by atoms with Crippen LogP contribution < -0.4 is 11.1 Å². The van der Waals surface area contributed by atoms with Crippen molar-refractivity contribution >= 4 is 23.8 Å². The largest absolute Gasteiger partial charge is 0.480 e. The Bertz CT molecular complexity index is 439. The van der Waals surface area contributed by atoms with Crippen molar-refractivity contribution in [2.24, 2.45) is 5.73 Å². The molecule has 0 aromatic rings.